The van der Waals surface area contributed by atoms with E-state index in [4.69, 9.17) is 9.47 Å². The van der Waals surface area contributed by atoms with E-state index in [1.54, 1.807) is 11.3 Å². The molecule has 31 heavy (non-hydrogen) atoms. The average molecular weight is 439 g/mol. The Morgan fingerprint density at radius 3 is 2.52 bits per heavy atom. The third kappa shape index (κ3) is 6.82. The fraction of sp³-hybridized carbons (Fsp3) is 0.360. The molecule has 3 rings (SSSR count). The summed E-state index contributed by atoms with van der Waals surface area (Å²) in [5.74, 6) is 0.710. The summed E-state index contributed by atoms with van der Waals surface area (Å²) in [4.78, 5) is 16.6. The summed E-state index contributed by atoms with van der Waals surface area (Å²) in [5, 5.41) is 6.24. The van der Waals surface area contributed by atoms with Crippen molar-refractivity contribution in [1.82, 2.24) is 4.98 Å². The highest BCUT2D eigenvalue weighted by Crippen LogP contribution is 2.29. The standard InChI is InChI=1S/C25H30N2O3S/c1-4-29-23(28)25(2,3)16-8-9-17-30-21-14-12-19(13-15-21)22-18-31-24(27-22)26-20-10-6-5-7-11-20/h5-7,10-15,18H,4,8-9,16-17H2,1-3H3,(H,26,27). The minimum atomic E-state index is -0.445. The Morgan fingerprint density at radius 1 is 1.06 bits per heavy atom. The molecule has 1 heterocycles. The topological polar surface area (TPSA) is 60.5 Å². The van der Waals surface area contributed by atoms with Crippen molar-refractivity contribution in [3.8, 4) is 17.0 Å². The molecule has 1 N–H and O–H groups in total. The Bertz CT molecular complexity index is 952. The maximum atomic E-state index is 11.9. The molecule has 3 aromatic rings. The van der Waals surface area contributed by atoms with Gasteiger partial charge in [0, 0.05) is 16.6 Å². The Kier molecular flexibility index (Phi) is 8.06. The molecular weight excluding hydrogens is 408 g/mol. The molecule has 0 atom stereocenters. The van der Waals surface area contributed by atoms with E-state index in [-0.39, 0.29) is 5.97 Å². The minimum Gasteiger partial charge on any atom is -0.494 e. The number of rotatable bonds is 11. The predicted octanol–water partition coefficient (Wildman–Crippen LogP) is 6.69. The van der Waals surface area contributed by atoms with Crippen molar-refractivity contribution >= 4 is 28.1 Å². The summed E-state index contributed by atoms with van der Waals surface area (Å²) < 4.78 is 11.0. The van der Waals surface area contributed by atoms with Gasteiger partial charge in [0.1, 0.15) is 5.75 Å². The zero-order chi connectivity index (χ0) is 22.1. The van der Waals surface area contributed by atoms with Crippen LogP contribution in [0.5, 0.6) is 5.75 Å². The van der Waals surface area contributed by atoms with Crippen LogP contribution in [0, 0.1) is 5.41 Å². The molecule has 0 amide bonds. The number of nitrogens with one attached hydrogen (secondary N) is 1. The highest BCUT2D eigenvalue weighted by atomic mass is 32.1. The molecular formula is C25H30N2O3S. The number of unbranched alkanes of at least 4 members (excludes halogenated alkanes) is 1. The third-order valence-corrected chi connectivity index (χ3v) is 5.73. The van der Waals surface area contributed by atoms with Gasteiger partial charge in [-0.3, -0.25) is 4.79 Å². The van der Waals surface area contributed by atoms with Gasteiger partial charge in [0.25, 0.3) is 0 Å². The number of thiazole rings is 1. The van der Waals surface area contributed by atoms with Crippen molar-refractivity contribution in [3.63, 3.8) is 0 Å². The molecule has 164 valence electrons. The van der Waals surface area contributed by atoms with Gasteiger partial charge in [0.05, 0.1) is 24.3 Å². The molecule has 0 aliphatic heterocycles. The van der Waals surface area contributed by atoms with Crippen molar-refractivity contribution in [3.05, 3.63) is 60.0 Å². The van der Waals surface area contributed by atoms with Gasteiger partial charge < -0.3 is 14.8 Å². The first-order chi connectivity index (χ1) is 15.0. The van der Waals surface area contributed by atoms with Crippen LogP contribution in [0.1, 0.15) is 40.0 Å². The average Bonchev–Trinajstić information content (AvgIpc) is 3.23. The van der Waals surface area contributed by atoms with Gasteiger partial charge in [-0.2, -0.15) is 0 Å². The van der Waals surface area contributed by atoms with E-state index in [9.17, 15) is 4.79 Å². The second-order valence-electron chi connectivity index (χ2n) is 7.96. The van der Waals surface area contributed by atoms with Crippen LogP contribution in [0.2, 0.25) is 0 Å². The Morgan fingerprint density at radius 2 is 1.81 bits per heavy atom. The van der Waals surface area contributed by atoms with E-state index >= 15 is 0 Å². The van der Waals surface area contributed by atoms with Gasteiger partial charge in [0.15, 0.2) is 5.13 Å². The molecule has 0 saturated heterocycles. The SMILES string of the molecule is CCOC(=O)C(C)(C)CCCCOc1ccc(-c2csc(Nc3ccccc3)n2)cc1. The van der Waals surface area contributed by atoms with Gasteiger partial charge in [-0.15, -0.1) is 11.3 Å². The normalized spacial score (nSPS) is 11.2. The van der Waals surface area contributed by atoms with Gasteiger partial charge in [-0.05, 0) is 76.4 Å². The van der Waals surface area contributed by atoms with E-state index in [0.29, 0.717) is 13.2 Å². The lowest BCUT2D eigenvalue weighted by atomic mass is 9.87. The predicted molar refractivity (Wildman–Crippen MR) is 127 cm³/mol. The summed E-state index contributed by atoms with van der Waals surface area (Å²) in [5.41, 5.74) is 2.58. The third-order valence-electron chi connectivity index (χ3n) is 4.97. The Labute approximate surface area is 188 Å². The fourth-order valence-electron chi connectivity index (χ4n) is 3.12. The smallest absolute Gasteiger partial charge is 0.311 e. The molecule has 1 aromatic heterocycles. The van der Waals surface area contributed by atoms with Crippen molar-refractivity contribution in [2.75, 3.05) is 18.5 Å². The van der Waals surface area contributed by atoms with Crippen molar-refractivity contribution < 1.29 is 14.3 Å². The first-order valence-electron chi connectivity index (χ1n) is 10.7. The second-order valence-corrected chi connectivity index (χ2v) is 8.82. The summed E-state index contributed by atoms with van der Waals surface area (Å²) >= 11 is 1.58. The molecule has 0 unspecified atom stereocenters. The summed E-state index contributed by atoms with van der Waals surface area (Å²) in [6.07, 6.45) is 2.60. The number of nitrogens with zero attached hydrogens (tertiary/aromatic N) is 1. The van der Waals surface area contributed by atoms with Crippen LogP contribution in [0.15, 0.2) is 60.0 Å². The largest absolute Gasteiger partial charge is 0.494 e. The van der Waals surface area contributed by atoms with Crippen LogP contribution < -0.4 is 10.1 Å². The number of carbonyl (C=O) groups is 1. The molecule has 0 aliphatic rings. The molecule has 6 heteroatoms. The van der Waals surface area contributed by atoms with Crippen LogP contribution in [0.3, 0.4) is 0 Å². The number of ether oxygens (including phenoxy) is 2. The lowest BCUT2D eigenvalue weighted by Gasteiger charge is -2.21. The molecule has 0 fully saturated rings. The van der Waals surface area contributed by atoms with Crippen molar-refractivity contribution in [1.29, 1.82) is 0 Å². The van der Waals surface area contributed by atoms with Crippen molar-refractivity contribution in [2.45, 2.75) is 40.0 Å². The molecule has 0 saturated carbocycles. The summed E-state index contributed by atoms with van der Waals surface area (Å²) in [6.45, 7) is 6.75. The lowest BCUT2D eigenvalue weighted by Crippen LogP contribution is -2.26. The first-order valence-corrected chi connectivity index (χ1v) is 11.5. The maximum Gasteiger partial charge on any atom is 0.311 e. The van der Waals surface area contributed by atoms with E-state index in [1.165, 1.54) is 0 Å². The Balaban J connectivity index is 1.44. The zero-order valence-electron chi connectivity index (χ0n) is 18.4. The monoisotopic (exact) mass is 438 g/mol. The molecule has 0 spiro atoms. The van der Waals surface area contributed by atoms with Gasteiger partial charge in [-0.1, -0.05) is 18.2 Å². The molecule has 2 aromatic carbocycles. The van der Waals surface area contributed by atoms with E-state index < -0.39 is 5.41 Å². The molecule has 0 bridgehead atoms. The van der Waals surface area contributed by atoms with Gasteiger partial charge in [-0.25, -0.2) is 4.98 Å². The zero-order valence-corrected chi connectivity index (χ0v) is 19.2. The number of benzene rings is 2. The number of carbonyl (C=O) groups excluding carboxylic acids is 1. The van der Waals surface area contributed by atoms with Crippen LogP contribution in [-0.2, 0) is 9.53 Å². The summed E-state index contributed by atoms with van der Waals surface area (Å²) in [6, 6.07) is 18.0. The highest BCUT2D eigenvalue weighted by Gasteiger charge is 2.28. The lowest BCUT2D eigenvalue weighted by molar-refractivity contribution is -0.153. The van der Waals surface area contributed by atoms with Crippen LogP contribution >= 0.6 is 11.3 Å². The number of para-hydroxylation sites is 1. The van der Waals surface area contributed by atoms with Gasteiger partial charge in [0.2, 0.25) is 0 Å². The highest BCUT2D eigenvalue weighted by molar-refractivity contribution is 7.14. The number of hydrogen-bond donors (Lipinski definition) is 1. The fourth-order valence-corrected chi connectivity index (χ4v) is 3.86. The van der Waals surface area contributed by atoms with E-state index in [0.717, 1.165) is 47.1 Å². The molecule has 0 aliphatic carbocycles. The number of aromatic nitrogens is 1. The van der Waals surface area contributed by atoms with Crippen LogP contribution in [0.25, 0.3) is 11.3 Å². The maximum absolute atomic E-state index is 11.9. The van der Waals surface area contributed by atoms with Crippen LogP contribution in [0.4, 0.5) is 10.8 Å². The van der Waals surface area contributed by atoms with E-state index in [2.05, 4.69) is 10.3 Å². The molecule has 0 radical (unpaired) electrons. The number of anilines is 2. The first kappa shape index (κ1) is 22.8. The van der Waals surface area contributed by atoms with Crippen molar-refractivity contribution in [2.24, 2.45) is 5.41 Å². The molecule has 5 nitrogen and oxygen atoms in total. The van der Waals surface area contributed by atoms with E-state index in [1.807, 2.05) is 80.7 Å². The van der Waals surface area contributed by atoms with Gasteiger partial charge >= 0.3 is 5.97 Å². The minimum absolute atomic E-state index is 0.129. The second kappa shape index (κ2) is 11.0. The summed E-state index contributed by atoms with van der Waals surface area (Å²) in [7, 11) is 0. The Hall–Kier alpha value is -2.86. The quantitative estimate of drug-likeness (QED) is 0.267. The number of esters is 1. The van der Waals surface area contributed by atoms with Crippen LogP contribution in [-0.4, -0.2) is 24.2 Å². The number of hydrogen-bond acceptors (Lipinski definition) is 6.